The van der Waals surface area contributed by atoms with Crippen LogP contribution in [0.4, 0.5) is 11.5 Å². The molecule has 1 saturated heterocycles. The number of carbonyl (C=O) groups excluding carboxylic acids is 2. The molecule has 2 aliphatic rings. The fraction of sp³-hybridized carbons (Fsp3) is 0.318. The summed E-state index contributed by atoms with van der Waals surface area (Å²) in [6, 6.07) is 9.95. The number of hydrogen-bond donors (Lipinski definition) is 2. The molecule has 0 aliphatic carbocycles. The standard InChI is InChI=1S/C22H24IN5O2/c1-14(2)27-7-9-28(10-8-27)20-6-4-16(12-25-20)24-13-19-18-11-15(23)3-5-17(18)21(29)26-22(19)30/h3-6,11-14,24H,7-10H2,1-2H3,(H,26,29,30). The molecule has 0 unspecified atom stereocenters. The Morgan fingerprint density at radius 2 is 1.83 bits per heavy atom. The topological polar surface area (TPSA) is 77.6 Å². The lowest BCUT2D eigenvalue weighted by Gasteiger charge is -2.37. The minimum atomic E-state index is -0.408. The molecule has 1 aromatic carbocycles. The Morgan fingerprint density at radius 3 is 2.50 bits per heavy atom. The third-order valence-electron chi connectivity index (χ3n) is 5.49. The smallest absolute Gasteiger partial charge is 0.260 e. The van der Waals surface area contributed by atoms with Crippen LogP contribution in [-0.2, 0) is 4.79 Å². The molecule has 30 heavy (non-hydrogen) atoms. The van der Waals surface area contributed by atoms with Gasteiger partial charge in [-0.3, -0.25) is 19.8 Å². The quantitative estimate of drug-likeness (QED) is 0.369. The number of carbonyl (C=O) groups is 2. The average Bonchev–Trinajstić information content (AvgIpc) is 2.74. The summed E-state index contributed by atoms with van der Waals surface area (Å²) < 4.78 is 0.961. The summed E-state index contributed by atoms with van der Waals surface area (Å²) in [7, 11) is 0. The summed E-state index contributed by atoms with van der Waals surface area (Å²) >= 11 is 2.17. The van der Waals surface area contributed by atoms with Crippen molar-refractivity contribution < 1.29 is 9.59 Å². The van der Waals surface area contributed by atoms with Crippen molar-refractivity contribution >= 4 is 51.5 Å². The van der Waals surface area contributed by atoms with Crippen LogP contribution in [0.3, 0.4) is 0 Å². The Balaban J connectivity index is 1.47. The number of amides is 2. The number of imide groups is 1. The number of anilines is 2. The molecular formula is C22H24IN5O2. The van der Waals surface area contributed by atoms with Crippen molar-refractivity contribution in [3.8, 4) is 0 Å². The third-order valence-corrected chi connectivity index (χ3v) is 6.16. The van der Waals surface area contributed by atoms with Crippen molar-refractivity contribution in [1.82, 2.24) is 15.2 Å². The van der Waals surface area contributed by atoms with Gasteiger partial charge >= 0.3 is 0 Å². The number of rotatable bonds is 4. The second-order valence-corrected chi connectivity index (χ2v) is 8.94. The molecule has 1 aromatic heterocycles. The lowest BCUT2D eigenvalue weighted by Crippen LogP contribution is -2.49. The highest BCUT2D eigenvalue weighted by Gasteiger charge is 2.27. The lowest BCUT2D eigenvalue weighted by atomic mass is 9.96. The zero-order chi connectivity index (χ0) is 21.3. The number of aromatic nitrogens is 1. The van der Waals surface area contributed by atoms with Crippen LogP contribution in [0, 0.1) is 3.57 Å². The predicted molar refractivity (Wildman–Crippen MR) is 126 cm³/mol. The zero-order valence-electron chi connectivity index (χ0n) is 17.0. The van der Waals surface area contributed by atoms with Gasteiger partial charge < -0.3 is 10.2 Å². The first-order valence-corrected chi connectivity index (χ1v) is 11.1. The first-order chi connectivity index (χ1) is 14.4. The fourth-order valence-electron chi connectivity index (χ4n) is 3.72. The monoisotopic (exact) mass is 517 g/mol. The maximum Gasteiger partial charge on any atom is 0.260 e. The summed E-state index contributed by atoms with van der Waals surface area (Å²) in [5.41, 5.74) is 2.34. The van der Waals surface area contributed by atoms with E-state index in [1.807, 2.05) is 24.3 Å². The fourth-order valence-corrected chi connectivity index (χ4v) is 4.21. The van der Waals surface area contributed by atoms with E-state index in [9.17, 15) is 9.59 Å². The molecule has 3 heterocycles. The van der Waals surface area contributed by atoms with Gasteiger partial charge in [0.1, 0.15) is 5.82 Å². The van der Waals surface area contributed by atoms with E-state index >= 15 is 0 Å². The van der Waals surface area contributed by atoms with Crippen LogP contribution < -0.4 is 15.5 Å². The zero-order valence-corrected chi connectivity index (χ0v) is 19.1. The summed E-state index contributed by atoms with van der Waals surface area (Å²) in [6.45, 7) is 8.46. The molecule has 8 heteroatoms. The highest BCUT2D eigenvalue weighted by atomic mass is 127. The SMILES string of the molecule is CC(C)N1CCN(c2ccc(NC=C3C(=O)NC(=O)c4ccc(I)cc43)cn2)CC1. The molecule has 1 fully saturated rings. The largest absolute Gasteiger partial charge is 0.360 e. The maximum absolute atomic E-state index is 12.4. The number of nitrogens with zero attached hydrogens (tertiary/aromatic N) is 3. The van der Waals surface area contributed by atoms with Gasteiger partial charge in [-0.2, -0.15) is 0 Å². The molecule has 0 radical (unpaired) electrons. The third kappa shape index (κ3) is 4.34. The minimum Gasteiger partial charge on any atom is -0.360 e. The van der Waals surface area contributed by atoms with Gasteiger partial charge in [-0.25, -0.2) is 4.98 Å². The normalized spacial score (nSPS) is 18.5. The molecule has 156 valence electrons. The van der Waals surface area contributed by atoms with Crippen molar-refractivity contribution in [3.63, 3.8) is 0 Å². The Hall–Kier alpha value is -2.46. The summed E-state index contributed by atoms with van der Waals surface area (Å²) in [5.74, 6) is 0.180. The van der Waals surface area contributed by atoms with Gasteiger partial charge in [-0.15, -0.1) is 0 Å². The van der Waals surface area contributed by atoms with Gasteiger partial charge in [0.2, 0.25) is 0 Å². The molecule has 7 nitrogen and oxygen atoms in total. The molecule has 0 spiro atoms. The van der Waals surface area contributed by atoms with Crippen molar-refractivity contribution in [1.29, 1.82) is 0 Å². The molecule has 0 bridgehead atoms. The van der Waals surface area contributed by atoms with Gasteiger partial charge in [-0.1, -0.05) is 0 Å². The summed E-state index contributed by atoms with van der Waals surface area (Å²) in [4.78, 5) is 33.8. The van der Waals surface area contributed by atoms with E-state index in [2.05, 4.69) is 61.9 Å². The maximum atomic E-state index is 12.4. The van der Waals surface area contributed by atoms with Crippen molar-refractivity contribution in [2.24, 2.45) is 0 Å². The number of halogens is 1. The van der Waals surface area contributed by atoms with Crippen molar-refractivity contribution in [3.05, 3.63) is 57.4 Å². The number of fused-ring (bicyclic) bond motifs is 1. The highest BCUT2D eigenvalue weighted by molar-refractivity contribution is 14.1. The minimum absolute atomic E-state index is 0.368. The number of pyridine rings is 1. The van der Waals surface area contributed by atoms with E-state index in [1.165, 1.54) is 0 Å². The van der Waals surface area contributed by atoms with Crippen LogP contribution in [0.1, 0.15) is 29.8 Å². The van der Waals surface area contributed by atoms with Crippen LogP contribution >= 0.6 is 22.6 Å². The van der Waals surface area contributed by atoms with E-state index in [-0.39, 0.29) is 5.91 Å². The number of benzene rings is 1. The number of hydrogen-bond acceptors (Lipinski definition) is 6. The molecule has 4 rings (SSSR count). The summed E-state index contributed by atoms with van der Waals surface area (Å²) in [6.07, 6.45) is 3.40. The number of piperazine rings is 1. The molecule has 0 saturated carbocycles. The summed E-state index contributed by atoms with van der Waals surface area (Å²) in [5, 5.41) is 5.54. The molecule has 2 amide bonds. The van der Waals surface area contributed by atoms with Crippen LogP contribution in [0.2, 0.25) is 0 Å². The molecule has 2 N–H and O–H groups in total. The van der Waals surface area contributed by atoms with Crippen LogP contribution in [-0.4, -0.2) is 53.9 Å². The second kappa shape index (κ2) is 8.73. The molecular weight excluding hydrogens is 493 g/mol. The van der Waals surface area contributed by atoms with Gasteiger partial charge in [0, 0.05) is 53.1 Å². The van der Waals surface area contributed by atoms with Gasteiger partial charge in [0.05, 0.1) is 17.5 Å². The second-order valence-electron chi connectivity index (χ2n) is 7.70. The van der Waals surface area contributed by atoms with Gasteiger partial charge in [0.25, 0.3) is 11.8 Å². The Morgan fingerprint density at radius 1 is 1.07 bits per heavy atom. The Labute approximate surface area is 189 Å². The lowest BCUT2D eigenvalue weighted by molar-refractivity contribution is -0.114. The van der Waals surface area contributed by atoms with Gasteiger partial charge in [0.15, 0.2) is 0 Å². The van der Waals surface area contributed by atoms with E-state index < -0.39 is 5.91 Å². The molecule has 2 aliphatic heterocycles. The van der Waals surface area contributed by atoms with Crippen molar-refractivity contribution in [2.45, 2.75) is 19.9 Å². The van der Waals surface area contributed by atoms with Crippen LogP contribution in [0.5, 0.6) is 0 Å². The van der Waals surface area contributed by atoms with Gasteiger partial charge in [-0.05, 0) is 66.8 Å². The van der Waals surface area contributed by atoms with E-state index in [1.54, 1.807) is 18.5 Å². The number of nitrogens with one attached hydrogen (secondary N) is 2. The molecule has 2 aromatic rings. The van der Waals surface area contributed by atoms with E-state index in [0.717, 1.165) is 41.3 Å². The first kappa shape index (κ1) is 20.8. The highest BCUT2D eigenvalue weighted by Crippen LogP contribution is 2.26. The first-order valence-electron chi connectivity index (χ1n) is 10.00. The van der Waals surface area contributed by atoms with Crippen LogP contribution in [0.15, 0.2) is 42.7 Å². The van der Waals surface area contributed by atoms with E-state index in [0.29, 0.717) is 22.7 Å². The van der Waals surface area contributed by atoms with Crippen molar-refractivity contribution in [2.75, 3.05) is 36.4 Å². The Kier molecular flexibility index (Phi) is 6.05. The Bertz CT molecular complexity index is 995. The average molecular weight is 517 g/mol. The van der Waals surface area contributed by atoms with Crippen LogP contribution in [0.25, 0.3) is 5.57 Å². The van der Waals surface area contributed by atoms with E-state index in [4.69, 9.17) is 0 Å². The molecule has 0 atom stereocenters. The predicted octanol–water partition coefficient (Wildman–Crippen LogP) is 2.94.